The third-order valence-corrected chi connectivity index (χ3v) is 7.77. The molecule has 0 unspecified atom stereocenters. The fraction of sp³-hybridized carbons (Fsp3) is 0.355. The van der Waals surface area contributed by atoms with Crippen LogP contribution in [-0.2, 0) is 0 Å². The van der Waals surface area contributed by atoms with Gasteiger partial charge >= 0.3 is 6.03 Å². The van der Waals surface area contributed by atoms with Crippen LogP contribution in [0.3, 0.4) is 0 Å². The zero-order valence-corrected chi connectivity index (χ0v) is 24.7. The zero-order valence-electron chi connectivity index (χ0n) is 23.2. The number of urea groups is 1. The summed E-state index contributed by atoms with van der Waals surface area (Å²) in [5.74, 6) is 1.83. The van der Waals surface area contributed by atoms with Crippen molar-refractivity contribution in [1.29, 1.82) is 0 Å². The van der Waals surface area contributed by atoms with Gasteiger partial charge in [-0.05, 0) is 68.4 Å². The number of piperazine rings is 1. The number of ether oxygens (including phenoxy) is 2. The van der Waals surface area contributed by atoms with Crippen molar-refractivity contribution < 1.29 is 14.3 Å². The van der Waals surface area contributed by atoms with E-state index in [1.165, 1.54) is 0 Å². The number of hydrogen-bond acceptors (Lipinski definition) is 5. The summed E-state index contributed by atoms with van der Waals surface area (Å²) < 4.78 is 11.7. The van der Waals surface area contributed by atoms with E-state index in [2.05, 4.69) is 11.9 Å². The number of methoxy groups -OCH3 is 1. The summed E-state index contributed by atoms with van der Waals surface area (Å²) in [6.45, 7) is 6.83. The first kappa shape index (κ1) is 28.3. The first-order valence-corrected chi connectivity index (χ1v) is 14.2. The molecule has 210 valence electrons. The maximum Gasteiger partial charge on any atom is 0.326 e. The Morgan fingerprint density at radius 2 is 1.50 bits per heavy atom. The van der Waals surface area contributed by atoms with Gasteiger partial charge in [-0.1, -0.05) is 47.5 Å². The highest BCUT2D eigenvalue weighted by Gasteiger charge is 2.45. The van der Waals surface area contributed by atoms with Crippen LogP contribution in [0.5, 0.6) is 11.5 Å². The number of halogens is 2. The third kappa shape index (κ3) is 5.92. The average Bonchev–Trinajstić information content (AvgIpc) is 3.33. The van der Waals surface area contributed by atoms with Gasteiger partial charge in [0.25, 0.3) is 0 Å². The van der Waals surface area contributed by atoms with Gasteiger partial charge in [0.2, 0.25) is 0 Å². The molecule has 3 aromatic carbocycles. The lowest BCUT2D eigenvalue weighted by molar-refractivity contribution is 0.130. The van der Waals surface area contributed by atoms with Crippen LogP contribution in [-0.4, -0.2) is 73.0 Å². The minimum Gasteiger partial charge on any atom is -0.497 e. The standard InChI is InChI=1S/C31H34Cl2N4O3/c1-20(2)40-27-19-25(39-4)13-14-26(27)30-34-28(21-5-9-23(32)10-6-21)29(22-7-11-24(33)12-8-22)37(30)31(38)36-17-15-35(3)16-18-36/h5-14,19-20,28-29H,15-18H2,1-4H3/t28-,29+/m0/s1. The average molecular weight is 582 g/mol. The molecule has 40 heavy (non-hydrogen) atoms. The highest BCUT2D eigenvalue weighted by atomic mass is 35.5. The Bertz CT molecular complexity index is 1370. The Labute approximate surface area is 245 Å². The van der Waals surface area contributed by atoms with E-state index >= 15 is 0 Å². The predicted molar refractivity (Wildman–Crippen MR) is 160 cm³/mol. The monoisotopic (exact) mass is 580 g/mol. The maximum absolute atomic E-state index is 14.5. The summed E-state index contributed by atoms with van der Waals surface area (Å²) in [5, 5.41) is 1.27. The van der Waals surface area contributed by atoms with Crippen LogP contribution in [0.2, 0.25) is 10.0 Å². The SMILES string of the molecule is COc1ccc(C2=N[C@@H](c3ccc(Cl)cc3)[C@@H](c3ccc(Cl)cc3)N2C(=O)N2CCN(C)CC2)c(OC(C)C)c1. The minimum atomic E-state index is -0.408. The van der Waals surface area contributed by atoms with Gasteiger partial charge in [0.15, 0.2) is 0 Å². The molecule has 2 atom stereocenters. The fourth-order valence-electron chi connectivity index (χ4n) is 5.17. The zero-order chi connectivity index (χ0) is 28.4. The summed E-state index contributed by atoms with van der Waals surface area (Å²) in [7, 11) is 3.70. The molecule has 0 spiro atoms. The molecule has 2 aliphatic rings. The van der Waals surface area contributed by atoms with Crippen molar-refractivity contribution in [1.82, 2.24) is 14.7 Å². The van der Waals surface area contributed by atoms with Crippen molar-refractivity contribution in [3.05, 3.63) is 93.5 Å². The number of rotatable bonds is 6. The molecule has 0 aromatic heterocycles. The van der Waals surface area contributed by atoms with Gasteiger partial charge in [0.1, 0.15) is 23.4 Å². The second-order valence-corrected chi connectivity index (χ2v) is 11.3. The van der Waals surface area contributed by atoms with E-state index in [1.54, 1.807) is 7.11 Å². The minimum absolute atomic E-state index is 0.0884. The quantitative estimate of drug-likeness (QED) is 0.325. The Morgan fingerprint density at radius 1 is 0.900 bits per heavy atom. The largest absolute Gasteiger partial charge is 0.497 e. The Hall–Kier alpha value is -3.26. The number of carbonyl (C=O) groups is 1. The molecule has 2 amide bonds. The Kier molecular flexibility index (Phi) is 8.54. The fourth-order valence-corrected chi connectivity index (χ4v) is 5.42. The van der Waals surface area contributed by atoms with E-state index in [-0.39, 0.29) is 18.2 Å². The molecule has 2 heterocycles. The summed E-state index contributed by atoms with van der Waals surface area (Å²) in [6.07, 6.45) is -0.0891. The van der Waals surface area contributed by atoms with Gasteiger partial charge in [-0.3, -0.25) is 9.89 Å². The van der Waals surface area contributed by atoms with Crippen molar-refractivity contribution in [2.75, 3.05) is 40.3 Å². The topological polar surface area (TPSA) is 57.6 Å². The molecule has 2 aliphatic heterocycles. The molecular weight excluding hydrogens is 547 g/mol. The van der Waals surface area contributed by atoms with E-state index in [0.717, 1.165) is 29.8 Å². The molecule has 0 radical (unpaired) electrons. The van der Waals surface area contributed by atoms with Crippen LogP contribution in [0, 0.1) is 0 Å². The van der Waals surface area contributed by atoms with E-state index in [0.29, 0.717) is 40.5 Å². The van der Waals surface area contributed by atoms with Crippen LogP contribution in [0.4, 0.5) is 4.79 Å². The maximum atomic E-state index is 14.5. The smallest absolute Gasteiger partial charge is 0.326 e. The van der Waals surface area contributed by atoms with Crippen molar-refractivity contribution in [2.24, 2.45) is 4.99 Å². The second-order valence-electron chi connectivity index (χ2n) is 10.4. The number of likely N-dealkylation sites (N-methyl/N-ethyl adjacent to an activating group) is 1. The van der Waals surface area contributed by atoms with Crippen molar-refractivity contribution in [3.8, 4) is 11.5 Å². The van der Waals surface area contributed by atoms with Gasteiger partial charge < -0.3 is 19.3 Å². The lowest BCUT2D eigenvalue weighted by Crippen LogP contribution is -2.53. The normalized spacial score (nSPS) is 19.6. The van der Waals surface area contributed by atoms with Gasteiger partial charge in [-0.2, -0.15) is 0 Å². The van der Waals surface area contributed by atoms with E-state index < -0.39 is 6.04 Å². The number of benzene rings is 3. The summed E-state index contributed by atoms with van der Waals surface area (Å²) in [5.41, 5.74) is 2.62. The van der Waals surface area contributed by atoms with Gasteiger partial charge in [0.05, 0.1) is 24.8 Å². The summed E-state index contributed by atoms with van der Waals surface area (Å²) in [4.78, 5) is 25.7. The van der Waals surface area contributed by atoms with Crippen molar-refractivity contribution in [2.45, 2.75) is 32.0 Å². The molecule has 9 heteroatoms. The first-order valence-electron chi connectivity index (χ1n) is 13.5. The molecule has 3 aromatic rings. The molecule has 0 bridgehead atoms. The highest BCUT2D eigenvalue weighted by Crippen LogP contribution is 2.46. The number of amides is 2. The van der Waals surface area contributed by atoms with Crippen LogP contribution < -0.4 is 9.47 Å². The number of aliphatic imine (C=N–C) groups is 1. The number of nitrogens with zero attached hydrogens (tertiary/aromatic N) is 4. The number of carbonyl (C=O) groups excluding carboxylic acids is 1. The van der Waals surface area contributed by atoms with Gasteiger partial charge in [-0.25, -0.2) is 4.79 Å². The van der Waals surface area contributed by atoms with Crippen LogP contribution >= 0.6 is 23.2 Å². The van der Waals surface area contributed by atoms with Crippen LogP contribution in [0.25, 0.3) is 0 Å². The predicted octanol–water partition coefficient (Wildman–Crippen LogP) is 6.70. The molecule has 5 rings (SSSR count). The Morgan fingerprint density at radius 3 is 2.08 bits per heavy atom. The van der Waals surface area contributed by atoms with Crippen LogP contribution in [0.1, 0.15) is 42.6 Å². The molecule has 7 nitrogen and oxygen atoms in total. The number of hydrogen-bond donors (Lipinski definition) is 0. The molecule has 0 saturated carbocycles. The highest BCUT2D eigenvalue weighted by molar-refractivity contribution is 6.30. The second kappa shape index (κ2) is 12.1. The summed E-state index contributed by atoms with van der Waals surface area (Å²) >= 11 is 12.5. The van der Waals surface area contributed by atoms with Crippen LogP contribution in [0.15, 0.2) is 71.7 Å². The molecule has 0 aliphatic carbocycles. The third-order valence-electron chi connectivity index (χ3n) is 7.26. The van der Waals surface area contributed by atoms with E-state index in [4.69, 9.17) is 37.7 Å². The summed E-state index contributed by atoms with van der Waals surface area (Å²) in [6, 6.07) is 20.1. The number of amidine groups is 1. The van der Waals surface area contributed by atoms with Crippen molar-refractivity contribution >= 4 is 35.1 Å². The lowest BCUT2D eigenvalue weighted by Gasteiger charge is -2.38. The molecule has 1 saturated heterocycles. The van der Waals surface area contributed by atoms with E-state index in [9.17, 15) is 4.79 Å². The van der Waals surface area contributed by atoms with E-state index in [1.807, 2.05) is 90.4 Å². The van der Waals surface area contributed by atoms with Crippen molar-refractivity contribution in [3.63, 3.8) is 0 Å². The van der Waals surface area contributed by atoms with Gasteiger partial charge in [0, 0.05) is 42.3 Å². The van der Waals surface area contributed by atoms with Gasteiger partial charge in [-0.15, -0.1) is 0 Å². The lowest BCUT2D eigenvalue weighted by atomic mass is 9.93. The molecule has 0 N–H and O–H groups in total. The molecule has 1 fully saturated rings. The Balaban J connectivity index is 1.69. The molecular formula is C31H34Cl2N4O3. The first-order chi connectivity index (χ1) is 19.2.